The number of anilines is 2. The van der Waals surface area contributed by atoms with Gasteiger partial charge in [0.2, 0.25) is 11.9 Å². The molecule has 3 N–H and O–H groups in total. The van der Waals surface area contributed by atoms with Gasteiger partial charge in [0.25, 0.3) is 0 Å². The summed E-state index contributed by atoms with van der Waals surface area (Å²) in [4.78, 5) is 16.5. The number of rotatable bonds is 6. The summed E-state index contributed by atoms with van der Waals surface area (Å²) >= 11 is 0. The second kappa shape index (κ2) is 7.48. The molecule has 4 heterocycles. The Morgan fingerprint density at radius 1 is 1.23 bits per heavy atom. The topological polar surface area (TPSA) is 122 Å². The number of hydrogen-bond donors (Lipinski definition) is 2. The zero-order valence-electron chi connectivity index (χ0n) is 15.9. The van der Waals surface area contributed by atoms with Crippen LogP contribution in [0.25, 0.3) is 16.8 Å². The van der Waals surface area contributed by atoms with E-state index in [9.17, 15) is 4.79 Å². The van der Waals surface area contributed by atoms with Crippen LogP contribution in [0.2, 0.25) is 0 Å². The number of nitrogens with one attached hydrogen (secondary N) is 1. The van der Waals surface area contributed by atoms with Gasteiger partial charge in [-0.1, -0.05) is 0 Å². The van der Waals surface area contributed by atoms with E-state index in [-0.39, 0.29) is 24.5 Å². The van der Waals surface area contributed by atoms with Gasteiger partial charge in [-0.05, 0) is 42.0 Å². The molecular formula is C20H19N7O3. The van der Waals surface area contributed by atoms with Crippen molar-refractivity contribution in [2.75, 3.05) is 24.3 Å². The quantitative estimate of drug-likeness (QED) is 0.499. The highest BCUT2D eigenvalue weighted by Gasteiger charge is 2.19. The Balaban J connectivity index is 1.21. The molecule has 0 bridgehead atoms. The Labute approximate surface area is 171 Å². The van der Waals surface area contributed by atoms with E-state index in [0.717, 1.165) is 16.9 Å². The molecule has 0 spiro atoms. The fraction of sp³-hybridized carbons (Fsp3) is 0.200. The lowest BCUT2D eigenvalue weighted by atomic mass is 10.1. The molecule has 10 nitrogen and oxygen atoms in total. The third-order valence-electron chi connectivity index (χ3n) is 4.67. The Bertz CT molecular complexity index is 1190. The number of carbonyl (C=O) groups is 1. The second-order valence-electron chi connectivity index (χ2n) is 6.96. The van der Waals surface area contributed by atoms with Crippen LogP contribution in [-0.2, 0) is 16.1 Å². The van der Waals surface area contributed by atoms with E-state index >= 15 is 0 Å². The summed E-state index contributed by atoms with van der Waals surface area (Å²) < 4.78 is 14.0. The van der Waals surface area contributed by atoms with Gasteiger partial charge in [0.05, 0.1) is 19.4 Å². The van der Waals surface area contributed by atoms with Crippen molar-refractivity contribution in [2.45, 2.75) is 12.6 Å². The average Bonchev–Trinajstić information content (AvgIpc) is 3.30. The molecule has 0 aliphatic carbocycles. The van der Waals surface area contributed by atoms with Gasteiger partial charge in [-0.2, -0.15) is 10.1 Å². The summed E-state index contributed by atoms with van der Waals surface area (Å²) in [6, 6.07) is 11.0. The predicted molar refractivity (Wildman–Crippen MR) is 109 cm³/mol. The number of ether oxygens (including phenoxy) is 2. The zero-order valence-corrected chi connectivity index (χ0v) is 15.9. The van der Waals surface area contributed by atoms with Gasteiger partial charge in [-0.25, -0.2) is 4.52 Å². The van der Waals surface area contributed by atoms with Crippen molar-refractivity contribution in [3.05, 3.63) is 55.0 Å². The van der Waals surface area contributed by atoms with Gasteiger partial charge in [0, 0.05) is 23.6 Å². The first-order chi connectivity index (χ1) is 14.6. The first kappa shape index (κ1) is 18.1. The zero-order chi connectivity index (χ0) is 20.5. The minimum Gasteiger partial charge on any atom is -0.486 e. The summed E-state index contributed by atoms with van der Waals surface area (Å²) in [5.41, 5.74) is 8.74. The SMILES string of the molecule is Nc1nc2cc(-c3cnn(CC(=O)Nc4ccc(OC5COC5)cc4)c3)ccn2n1. The number of amides is 1. The summed E-state index contributed by atoms with van der Waals surface area (Å²) in [7, 11) is 0. The van der Waals surface area contributed by atoms with Crippen LogP contribution in [0.5, 0.6) is 5.75 Å². The predicted octanol–water partition coefficient (Wildman–Crippen LogP) is 1.59. The van der Waals surface area contributed by atoms with E-state index in [4.69, 9.17) is 15.2 Å². The van der Waals surface area contributed by atoms with Gasteiger partial charge in [0.1, 0.15) is 18.4 Å². The van der Waals surface area contributed by atoms with Crippen molar-refractivity contribution in [1.29, 1.82) is 0 Å². The molecule has 0 unspecified atom stereocenters. The Hall–Kier alpha value is -3.92. The summed E-state index contributed by atoms with van der Waals surface area (Å²) in [6.45, 7) is 1.33. The molecule has 152 valence electrons. The van der Waals surface area contributed by atoms with Crippen molar-refractivity contribution in [3.63, 3.8) is 0 Å². The first-order valence-electron chi connectivity index (χ1n) is 9.41. The van der Waals surface area contributed by atoms with Gasteiger partial charge >= 0.3 is 0 Å². The Kier molecular flexibility index (Phi) is 4.52. The molecule has 1 fully saturated rings. The molecule has 1 saturated heterocycles. The Morgan fingerprint density at radius 2 is 2.07 bits per heavy atom. The number of aromatic nitrogens is 5. The molecule has 1 aliphatic rings. The second-order valence-corrected chi connectivity index (χ2v) is 6.96. The molecule has 4 aromatic rings. The Morgan fingerprint density at radius 3 is 2.83 bits per heavy atom. The van der Waals surface area contributed by atoms with Crippen molar-refractivity contribution in [2.24, 2.45) is 0 Å². The van der Waals surface area contributed by atoms with Crippen molar-refractivity contribution in [3.8, 4) is 16.9 Å². The highest BCUT2D eigenvalue weighted by atomic mass is 16.6. The molecule has 0 radical (unpaired) electrons. The van der Waals surface area contributed by atoms with Crippen LogP contribution in [0.1, 0.15) is 0 Å². The molecule has 10 heteroatoms. The highest BCUT2D eigenvalue weighted by Crippen LogP contribution is 2.21. The van der Waals surface area contributed by atoms with E-state index in [0.29, 0.717) is 24.5 Å². The van der Waals surface area contributed by atoms with Crippen LogP contribution in [0.15, 0.2) is 55.0 Å². The summed E-state index contributed by atoms with van der Waals surface area (Å²) in [5.74, 6) is 0.798. The van der Waals surface area contributed by atoms with E-state index in [1.54, 1.807) is 33.7 Å². The number of nitrogen functional groups attached to an aromatic ring is 1. The smallest absolute Gasteiger partial charge is 0.246 e. The molecular weight excluding hydrogens is 386 g/mol. The van der Waals surface area contributed by atoms with Crippen LogP contribution in [0, 0.1) is 0 Å². The lowest BCUT2D eigenvalue weighted by Gasteiger charge is -2.26. The number of fused-ring (bicyclic) bond motifs is 1. The fourth-order valence-corrected chi connectivity index (χ4v) is 3.12. The molecule has 1 aromatic carbocycles. The van der Waals surface area contributed by atoms with Gasteiger partial charge in [-0.15, -0.1) is 5.10 Å². The fourth-order valence-electron chi connectivity index (χ4n) is 3.12. The third-order valence-corrected chi connectivity index (χ3v) is 4.67. The molecule has 0 saturated carbocycles. The normalized spacial score (nSPS) is 13.9. The van der Waals surface area contributed by atoms with Crippen molar-refractivity contribution < 1.29 is 14.3 Å². The molecule has 0 atom stereocenters. The first-order valence-corrected chi connectivity index (χ1v) is 9.41. The van der Waals surface area contributed by atoms with Crippen molar-refractivity contribution >= 4 is 23.2 Å². The largest absolute Gasteiger partial charge is 0.486 e. The van der Waals surface area contributed by atoms with E-state index in [1.807, 2.05) is 30.5 Å². The maximum absolute atomic E-state index is 12.4. The van der Waals surface area contributed by atoms with Gasteiger partial charge in [-0.3, -0.25) is 9.48 Å². The molecule has 5 rings (SSSR count). The molecule has 1 amide bonds. The number of benzene rings is 1. The number of hydrogen-bond acceptors (Lipinski definition) is 7. The van der Waals surface area contributed by atoms with E-state index in [2.05, 4.69) is 20.5 Å². The number of carbonyl (C=O) groups excluding carboxylic acids is 1. The monoisotopic (exact) mass is 405 g/mol. The minimum atomic E-state index is -0.175. The van der Waals surface area contributed by atoms with Crippen LogP contribution in [-0.4, -0.2) is 49.6 Å². The maximum atomic E-state index is 12.4. The standard InChI is InChI=1S/C20H19N7O3/c21-20-24-18-7-13(5-6-27(18)25-20)14-8-22-26(9-14)10-19(28)23-15-1-3-16(4-2-15)30-17-11-29-12-17/h1-9,17H,10-12H2,(H2,21,25)(H,23,28). The van der Waals surface area contributed by atoms with Crippen LogP contribution < -0.4 is 15.8 Å². The molecule has 1 aliphatic heterocycles. The molecule has 3 aromatic heterocycles. The number of nitrogens with zero attached hydrogens (tertiary/aromatic N) is 5. The number of pyridine rings is 1. The van der Waals surface area contributed by atoms with E-state index < -0.39 is 0 Å². The highest BCUT2D eigenvalue weighted by molar-refractivity contribution is 5.90. The summed E-state index contributed by atoms with van der Waals surface area (Å²) in [6.07, 6.45) is 5.41. The van der Waals surface area contributed by atoms with Crippen LogP contribution in [0.4, 0.5) is 11.6 Å². The third kappa shape index (κ3) is 3.80. The lowest BCUT2D eigenvalue weighted by Crippen LogP contribution is -2.38. The number of nitrogens with two attached hydrogens (primary N) is 1. The van der Waals surface area contributed by atoms with Gasteiger partial charge in [0.15, 0.2) is 5.65 Å². The van der Waals surface area contributed by atoms with E-state index in [1.165, 1.54) is 0 Å². The maximum Gasteiger partial charge on any atom is 0.246 e. The summed E-state index contributed by atoms with van der Waals surface area (Å²) in [5, 5.41) is 11.2. The lowest BCUT2D eigenvalue weighted by molar-refractivity contribution is -0.116. The van der Waals surface area contributed by atoms with Crippen LogP contribution in [0.3, 0.4) is 0 Å². The average molecular weight is 405 g/mol. The minimum absolute atomic E-state index is 0.0950. The van der Waals surface area contributed by atoms with Crippen LogP contribution >= 0.6 is 0 Å². The van der Waals surface area contributed by atoms with Crippen molar-refractivity contribution in [1.82, 2.24) is 24.4 Å². The van der Waals surface area contributed by atoms with Gasteiger partial charge < -0.3 is 20.5 Å². The molecule has 30 heavy (non-hydrogen) atoms.